The quantitative estimate of drug-likeness (QED) is 0.366. The molecular formula is C23H21F3N2O4. The van der Waals surface area contributed by atoms with Crippen molar-refractivity contribution in [1.82, 2.24) is 10.5 Å². The summed E-state index contributed by atoms with van der Waals surface area (Å²) in [6.45, 7) is 2.63. The van der Waals surface area contributed by atoms with Crippen LogP contribution in [0.1, 0.15) is 23.0 Å². The lowest BCUT2D eigenvalue weighted by Gasteiger charge is -2.14. The molecule has 9 heteroatoms. The number of aryl methyl sites for hydroxylation is 1. The number of ether oxygens (including phenoxy) is 1. The number of aromatic nitrogens is 1. The second-order valence-electron chi connectivity index (χ2n) is 7.32. The van der Waals surface area contributed by atoms with Crippen LogP contribution in [0, 0.1) is 6.92 Å². The van der Waals surface area contributed by atoms with Crippen molar-refractivity contribution >= 4 is 11.0 Å². The summed E-state index contributed by atoms with van der Waals surface area (Å²) < 4.78 is 55.0. The SMILES string of the molecule is Cc1cc(-c2cc3cc(OCCNC[C@H](O)c4cccc(C(F)(F)F)c4)ccc3o2)no1. The fourth-order valence-corrected chi connectivity index (χ4v) is 3.24. The number of fused-ring (bicyclic) bond motifs is 1. The normalized spacial score (nSPS) is 12.9. The first kappa shape index (κ1) is 21.9. The predicted molar refractivity (Wildman–Crippen MR) is 111 cm³/mol. The monoisotopic (exact) mass is 446 g/mol. The Kier molecular flexibility index (Phi) is 6.20. The zero-order chi connectivity index (χ0) is 22.7. The van der Waals surface area contributed by atoms with Gasteiger partial charge < -0.3 is 24.1 Å². The summed E-state index contributed by atoms with van der Waals surface area (Å²) in [6, 6.07) is 13.7. The fraction of sp³-hybridized carbons (Fsp3) is 0.261. The number of benzene rings is 2. The van der Waals surface area contributed by atoms with Gasteiger partial charge in [0, 0.05) is 24.5 Å². The minimum atomic E-state index is -4.44. The third-order valence-electron chi connectivity index (χ3n) is 4.85. The largest absolute Gasteiger partial charge is 0.492 e. The summed E-state index contributed by atoms with van der Waals surface area (Å²) in [5, 5.41) is 17.9. The molecule has 4 rings (SSSR count). The molecule has 168 valence electrons. The van der Waals surface area contributed by atoms with E-state index in [9.17, 15) is 18.3 Å². The zero-order valence-electron chi connectivity index (χ0n) is 17.1. The first-order valence-corrected chi connectivity index (χ1v) is 9.95. The lowest BCUT2D eigenvalue weighted by Crippen LogP contribution is -2.26. The molecule has 32 heavy (non-hydrogen) atoms. The van der Waals surface area contributed by atoms with Crippen LogP contribution in [0.15, 0.2) is 63.5 Å². The highest BCUT2D eigenvalue weighted by Crippen LogP contribution is 2.31. The maximum absolute atomic E-state index is 12.8. The highest BCUT2D eigenvalue weighted by molar-refractivity contribution is 5.83. The first-order chi connectivity index (χ1) is 15.3. The van der Waals surface area contributed by atoms with Crippen molar-refractivity contribution in [3.8, 4) is 17.2 Å². The molecule has 2 heterocycles. The average molecular weight is 446 g/mol. The van der Waals surface area contributed by atoms with E-state index in [4.69, 9.17) is 13.7 Å². The predicted octanol–water partition coefficient (Wildman–Crippen LogP) is 5.12. The maximum Gasteiger partial charge on any atom is 0.416 e. The molecule has 0 radical (unpaired) electrons. The van der Waals surface area contributed by atoms with E-state index in [1.807, 2.05) is 12.1 Å². The van der Waals surface area contributed by atoms with Crippen LogP contribution in [0.25, 0.3) is 22.4 Å². The summed E-state index contributed by atoms with van der Waals surface area (Å²) in [5.41, 5.74) is 0.727. The highest BCUT2D eigenvalue weighted by Gasteiger charge is 2.30. The molecule has 0 saturated carbocycles. The number of hydrogen-bond acceptors (Lipinski definition) is 6. The summed E-state index contributed by atoms with van der Waals surface area (Å²) in [5.74, 6) is 1.93. The summed E-state index contributed by atoms with van der Waals surface area (Å²) in [4.78, 5) is 0. The molecule has 2 N–H and O–H groups in total. The molecule has 6 nitrogen and oxygen atoms in total. The lowest BCUT2D eigenvalue weighted by molar-refractivity contribution is -0.137. The topological polar surface area (TPSA) is 80.7 Å². The van der Waals surface area contributed by atoms with Crippen molar-refractivity contribution in [2.75, 3.05) is 19.7 Å². The second kappa shape index (κ2) is 9.05. The number of furan rings is 1. The smallest absolute Gasteiger partial charge is 0.416 e. The van der Waals surface area contributed by atoms with Crippen LogP contribution in [-0.2, 0) is 6.18 Å². The Hall–Kier alpha value is -3.30. The average Bonchev–Trinajstić information content (AvgIpc) is 3.38. The standard InChI is InChI=1S/C23H21F3N2O4/c1-14-9-19(28-32-14)22-12-16-11-18(5-6-21(16)31-22)30-8-7-27-13-20(29)15-3-2-4-17(10-15)23(24,25)26/h2-6,9-12,20,27,29H,7-8,13H2,1H3/t20-/m0/s1. The molecule has 0 aliphatic carbocycles. The van der Waals surface area contributed by atoms with Gasteiger partial charge >= 0.3 is 6.18 Å². The van der Waals surface area contributed by atoms with E-state index >= 15 is 0 Å². The van der Waals surface area contributed by atoms with Crippen molar-refractivity contribution in [3.05, 3.63) is 71.5 Å². The van der Waals surface area contributed by atoms with Gasteiger partial charge in [-0.3, -0.25) is 0 Å². The number of aliphatic hydroxyl groups excluding tert-OH is 1. The summed E-state index contributed by atoms with van der Waals surface area (Å²) >= 11 is 0. The maximum atomic E-state index is 12.8. The Morgan fingerprint density at radius 2 is 1.97 bits per heavy atom. The van der Waals surface area contributed by atoms with Gasteiger partial charge in [0.2, 0.25) is 0 Å². The molecule has 2 aromatic carbocycles. The van der Waals surface area contributed by atoms with Crippen LogP contribution in [0.3, 0.4) is 0 Å². The Bertz CT molecular complexity index is 1200. The van der Waals surface area contributed by atoms with E-state index in [-0.39, 0.29) is 12.1 Å². The van der Waals surface area contributed by atoms with Crippen LogP contribution in [0.5, 0.6) is 5.75 Å². The molecule has 0 aliphatic heterocycles. The Labute approximate surface area is 181 Å². The number of aliphatic hydroxyl groups is 1. The fourth-order valence-electron chi connectivity index (χ4n) is 3.24. The van der Waals surface area contributed by atoms with E-state index in [0.717, 1.165) is 17.5 Å². The van der Waals surface area contributed by atoms with Gasteiger partial charge in [-0.2, -0.15) is 13.2 Å². The van der Waals surface area contributed by atoms with Crippen LogP contribution in [0.2, 0.25) is 0 Å². The van der Waals surface area contributed by atoms with E-state index in [1.54, 1.807) is 25.1 Å². The van der Waals surface area contributed by atoms with Crippen molar-refractivity contribution in [2.24, 2.45) is 0 Å². The van der Waals surface area contributed by atoms with Crippen LogP contribution >= 0.6 is 0 Å². The number of rotatable bonds is 8. The Morgan fingerprint density at radius 3 is 2.72 bits per heavy atom. The highest BCUT2D eigenvalue weighted by atomic mass is 19.4. The van der Waals surface area contributed by atoms with Crippen LogP contribution in [-0.4, -0.2) is 30.0 Å². The Balaban J connectivity index is 1.27. The zero-order valence-corrected chi connectivity index (χ0v) is 17.1. The van der Waals surface area contributed by atoms with Gasteiger partial charge in [0.05, 0.1) is 11.7 Å². The Morgan fingerprint density at radius 1 is 1.12 bits per heavy atom. The lowest BCUT2D eigenvalue weighted by atomic mass is 10.1. The van der Waals surface area contributed by atoms with Gasteiger partial charge in [-0.15, -0.1) is 0 Å². The van der Waals surface area contributed by atoms with Gasteiger partial charge in [-0.1, -0.05) is 17.3 Å². The van der Waals surface area contributed by atoms with Crippen LogP contribution < -0.4 is 10.1 Å². The first-order valence-electron chi connectivity index (χ1n) is 9.95. The molecule has 4 aromatic rings. The van der Waals surface area contributed by atoms with E-state index < -0.39 is 17.8 Å². The van der Waals surface area contributed by atoms with E-state index in [1.165, 1.54) is 12.1 Å². The van der Waals surface area contributed by atoms with Gasteiger partial charge in [0.15, 0.2) is 5.76 Å². The molecular weight excluding hydrogens is 425 g/mol. The van der Waals surface area contributed by atoms with Crippen molar-refractivity contribution in [1.29, 1.82) is 0 Å². The third-order valence-corrected chi connectivity index (χ3v) is 4.85. The van der Waals surface area contributed by atoms with Gasteiger partial charge in [0.25, 0.3) is 0 Å². The van der Waals surface area contributed by atoms with Crippen LogP contribution in [0.4, 0.5) is 13.2 Å². The molecule has 0 aliphatic rings. The summed E-state index contributed by atoms with van der Waals surface area (Å²) in [6.07, 6.45) is -5.50. The molecule has 0 amide bonds. The number of nitrogens with zero attached hydrogens (tertiary/aromatic N) is 1. The molecule has 0 saturated heterocycles. The second-order valence-corrected chi connectivity index (χ2v) is 7.32. The number of hydrogen-bond donors (Lipinski definition) is 2. The third kappa shape index (κ3) is 5.12. The van der Waals surface area contributed by atoms with Crippen molar-refractivity contribution in [3.63, 3.8) is 0 Å². The number of alkyl halides is 3. The number of nitrogens with one attached hydrogen (secondary N) is 1. The molecule has 2 aromatic heterocycles. The summed E-state index contributed by atoms with van der Waals surface area (Å²) in [7, 11) is 0. The molecule has 0 spiro atoms. The van der Waals surface area contributed by atoms with Crippen molar-refractivity contribution < 1.29 is 32.0 Å². The number of halogens is 3. The van der Waals surface area contributed by atoms with Gasteiger partial charge in [-0.25, -0.2) is 0 Å². The minimum absolute atomic E-state index is 0.103. The minimum Gasteiger partial charge on any atom is -0.492 e. The van der Waals surface area contributed by atoms with E-state index in [0.29, 0.717) is 41.7 Å². The molecule has 0 bridgehead atoms. The van der Waals surface area contributed by atoms with Gasteiger partial charge in [-0.05, 0) is 48.9 Å². The van der Waals surface area contributed by atoms with E-state index in [2.05, 4.69) is 10.5 Å². The molecule has 0 fully saturated rings. The molecule has 0 unspecified atom stereocenters. The van der Waals surface area contributed by atoms with Crippen molar-refractivity contribution in [2.45, 2.75) is 19.2 Å². The molecule has 1 atom stereocenters. The van der Waals surface area contributed by atoms with Gasteiger partial charge in [0.1, 0.15) is 29.4 Å².